The van der Waals surface area contributed by atoms with E-state index in [2.05, 4.69) is 19.2 Å². The third-order valence-electron chi connectivity index (χ3n) is 4.07. The molecule has 1 unspecified atom stereocenters. The SMILES string of the molecule is COC1(CNCC2CCC(C)(C)O2)CCC1. The van der Waals surface area contributed by atoms with Crippen molar-refractivity contribution in [2.45, 2.75) is 63.3 Å². The van der Waals surface area contributed by atoms with Gasteiger partial charge in [-0.25, -0.2) is 0 Å². The lowest BCUT2D eigenvalue weighted by Crippen LogP contribution is -2.49. The molecule has 0 aromatic rings. The molecule has 1 saturated carbocycles. The van der Waals surface area contributed by atoms with Gasteiger partial charge in [0.1, 0.15) is 0 Å². The van der Waals surface area contributed by atoms with Crippen LogP contribution in [0.1, 0.15) is 46.0 Å². The summed E-state index contributed by atoms with van der Waals surface area (Å²) in [6.07, 6.45) is 6.46. The molecule has 2 fully saturated rings. The van der Waals surface area contributed by atoms with Crippen molar-refractivity contribution in [2.24, 2.45) is 0 Å². The Balaban J connectivity index is 1.65. The number of nitrogens with one attached hydrogen (secondary N) is 1. The molecule has 1 saturated heterocycles. The van der Waals surface area contributed by atoms with E-state index >= 15 is 0 Å². The van der Waals surface area contributed by atoms with Gasteiger partial charge >= 0.3 is 0 Å². The Morgan fingerprint density at radius 3 is 2.50 bits per heavy atom. The van der Waals surface area contributed by atoms with Crippen molar-refractivity contribution in [2.75, 3.05) is 20.2 Å². The van der Waals surface area contributed by atoms with Crippen LogP contribution < -0.4 is 5.32 Å². The second-order valence-electron chi connectivity index (χ2n) is 5.91. The molecule has 0 bridgehead atoms. The molecule has 94 valence electrons. The van der Waals surface area contributed by atoms with Gasteiger partial charge in [-0.3, -0.25) is 0 Å². The van der Waals surface area contributed by atoms with Crippen molar-refractivity contribution in [1.82, 2.24) is 5.32 Å². The highest BCUT2D eigenvalue weighted by Crippen LogP contribution is 2.34. The molecule has 0 aromatic carbocycles. The normalized spacial score (nSPS) is 31.3. The van der Waals surface area contributed by atoms with Crippen LogP contribution in [0.25, 0.3) is 0 Å². The maximum Gasteiger partial charge on any atom is 0.0802 e. The zero-order valence-electron chi connectivity index (χ0n) is 10.8. The fraction of sp³-hybridized carbons (Fsp3) is 1.00. The van der Waals surface area contributed by atoms with E-state index in [1.54, 1.807) is 0 Å². The van der Waals surface area contributed by atoms with Gasteiger partial charge in [0.2, 0.25) is 0 Å². The molecule has 1 N–H and O–H groups in total. The number of hydrogen-bond acceptors (Lipinski definition) is 3. The number of ether oxygens (including phenoxy) is 2. The summed E-state index contributed by atoms with van der Waals surface area (Å²) in [6, 6.07) is 0. The standard InChI is InChI=1S/C13H25NO2/c1-12(2)8-5-11(16-12)9-14-10-13(15-3)6-4-7-13/h11,14H,4-10H2,1-3H3. The average Bonchev–Trinajstić information content (AvgIpc) is 2.51. The molecule has 0 radical (unpaired) electrons. The Bertz CT molecular complexity index is 231. The molecule has 0 aromatic heterocycles. The lowest BCUT2D eigenvalue weighted by molar-refractivity contribution is -0.0725. The topological polar surface area (TPSA) is 30.5 Å². The molecule has 1 aliphatic carbocycles. The Morgan fingerprint density at radius 2 is 2.06 bits per heavy atom. The maximum atomic E-state index is 5.95. The van der Waals surface area contributed by atoms with E-state index in [9.17, 15) is 0 Å². The van der Waals surface area contributed by atoms with E-state index in [0.29, 0.717) is 6.10 Å². The van der Waals surface area contributed by atoms with Crippen LogP contribution in [0.2, 0.25) is 0 Å². The van der Waals surface area contributed by atoms with Crippen LogP contribution in [0.3, 0.4) is 0 Å². The molecule has 16 heavy (non-hydrogen) atoms. The largest absolute Gasteiger partial charge is 0.377 e. The van der Waals surface area contributed by atoms with Gasteiger partial charge in [0.05, 0.1) is 17.3 Å². The van der Waals surface area contributed by atoms with E-state index < -0.39 is 0 Å². The predicted octanol–water partition coefficient (Wildman–Crippen LogP) is 2.10. The van der Waals surface area contributed by atoms with Crippen molar-refractivity contribution in [3.8, 4) is 0 Å². The van der Waals surface area contributed by atoms with Crippen LogP contribution in [-0.2, 0) is 9.47 Å². The Labute approximate surface area is 98.9 Å². The minimum Gasteiger partial charge on any atom is -0.377 e. The monoisotopic (exact) mass is 227 g/mol. The molecule has 1 aliphatic heterocycles. The van der Waals surface area contributed by atoms with Gasteiger partial charge in [0.25, 0.3) is 0 Å². The first-order valence-corrected chi connectivity index (χ1v) is 6.49. The van der Waals surface area contributed by atoms with Crippen molar-refractivity contribution >= 4 is 0 Å². The smallest absolute Gasteiger partial charge is 0.0802 e. The van der Waals surface area contributed by atoms with Gasteiger partial charge in [-0.05, 0) is 46.0 Å². The molecule has 0 amide bonds. The quantitative estimate of drug-likeness (QED) is 0.780. The average molecular weight is 227 g/mol. The Morgan fingerprint density at radius 1 is 1.31 bits per heavy atom. The lowest BCUT2D eigenvalue weighted by atomic mass is 9.80. The molecule has 3 nitrogen and oxygen atoms in total. The van der Waals surface area contributed by atoms with Crippen molar-refractivity contribution in [3.05, 3.63) is 0 Å². The first kappa shape index (κ1) is 12.3. The van der Waals surface area contributed by atoms with Crippen LogP contribution in [0.15, 0.2) is 0 Å². The highest BCUT2D eigenvalue weighted by atomic mass is 16.5. The van der Waals surface area contributed by atoms with E-state index in [1.807, 2.05) is 7.11 Å². The minimum absolute atomic E-state index is 0.0851. The van der Waals surface area contributed by atoms with E-state index in [0.717, 1.165) is 13.1 Å². The highest BCUT2D eigenvalue weighted by molar-refractivity contribution is 4.92. The summed E-state index contributed by atoms with van der Waals surface area (Å²) >= 11 is 0. The van der Waals surface area contributed by atoms with Gasteiger partial charge in [-0.15, -0.1) is 0 Å². The summed E-state index contributed by atoms with van der Waals surface area (Å²) in [4.78, 5) is 0. The van der Waals surface area contributed by atoms with Gasteiger partial charge in [0.15, 0.2) is 0 Å². The molecular weight excluding hydrogens is 202 g/mol. The summed E-state index contributed by atoms with van der Waals surface area (Å²) in [7, 11) is 1.83. The van der Waals surface area contributed by atoms with Crippen molar-refractivity contribution in [1.29, 1.82) is 0 Å². The molecule has 2 rings (SSSR count). The fourth-order valence-corrected chi connectivity index (χ4v) is 2.71. The second-order valence-corrected chi connectivity index (χ2v) is 5.91. The summed E-state index contributed by atoms with van der Waals surface area (Å²) in [5.74, 6) is 0. The van der Waals surface area contributed by atoms with Crippen LogP contribution in [0.4, 0.5) is 0 Å². The number of hydrogen-bond donors (Lipinski definition) is 1. The maximum absolute atomic E-state index is 5.95. The summed E-state index contributed by atoms with van der Waals surface area (Å²) in [6.45, 7) is 6.30. The molecular formula is C13H25NO2. The van der Waals surface area contributed by atoms with Gasteiger partial charge in [-0.2, -0.15) is 0 Å². The fourth-order valence-electron chi connectivity index (χ4n) is 2.71. The first-order valence-electron chi connectivity index (χ1n) is 6.49. The molecule has 0 spiro atoms. The van der Waals surface area contributed by atoms with E-state index in [4.69, 9.17) is 9.47 Å². The predicted molar refractivity (Wildman–Crippen MR) is 64.6 cm³/mol. The lowest BCUT2D eigenvalue weighted by Gasteiger charge is -2.40. The van der Waals surface area contributed by atoms with Crippen molar-refractivity contribution in [3.63, 3.8) is 0 Å². The van der Waals surface area contributed by atoms with E-state index in [1.165, 1.54) is 32.1 Å². The molecule has 2 aliphatic rings. The highest BCUT2D eigenvalue weighted by Gasteiger charge is 2.37. The van der Waals surface area contributed by atoms with Crippen LogP contribution >= 0.6 is 0 Å². The number of rotatable bonds is 5. The van der Waals surface area contributed by atoms with Gasteiger partial charge < -0.3 is 14.8 Å². The Kier molecular flexibility index (Phi) is 3.57. The molecule has 3 heteroatoms. The third-order valence-corrected chi connectivity index (χ3v) is 4.07. The summed E-state index contributed by atoms with van der Waals surface area (Å²) < 4.78 is 11.5. The van der Waals surface area contributed by atoms with Gasteiger partial charge in [0, 0.05) is 20.2 Å². The third kappa shape index (κ3) is 2.76. The number of methoxy groups -OCH3 is 1. The summed E-state index contributed by atoms with van der Waals surface area (Å²) in [5, 5.41) is 3.51. The van der Waals surface area contributed by atoms with Crippen LogP contribution in [-0.4, -0.2) is 37.5 Å². The Hall–Kier alpha value is -0.120. The zero-order valence-corrected chi connectivity index (χ0v) is 10.8. The molecule has 1 atom stereocenters. The minimum atomic E-state index is 0.0851. The zero-order chi connectivity index (χ0) is 11.6. The second kappa shape index (κ2) is 4.63. The van der Waals surface area contributed by atoms with E-state index in [-0.39, 0.29) is 11.2 Å². The first-order chi connectivity index (χ1) is 7.55. The van der Waals surface area contributed by atoms with Crippen LogP contribution in [0, 0.1) is 0 Å². The van der Waals surface area contributed by atoms with Crippen molar-refractivity contribution < 1.29 is 9.47 Å². The summed E-state index contributed by atoms with van der Waals surface area (Å²) in [5.41, 5.74) is 0.218. The van der Waals surface area contributed by atoms with Gasteiger partial charge in [-0.1, -0.05) is 0 Å². The molecule has 1 heterocycles. The van der Waals surface area contributed by atoms with Crippen LogP contribution in [0.5, 0.6) is 0 Å².